The Labute approximate surface area is 151 Å². The van der Waals surface area contributed by atoms with E-state index in [1.54, 1.807) is 0 Å². The van der Waals surface area contributed by atoms with Crippen molar-refractivity contribution in [2.24, 2.45) is 0 Å². The zero-order valence-corrected chi connectivity index (χ0v) is 18.7. The number of hydrogen-bond acceptors (Lipinski definition) is 4. The first kappa shape index (κ1) is 23.4. The van der Waals surface area contributed by atoms with E-state index in [0.29, 0.717) is 0 Å². The molecule has 0 fully saturated rings. The van der Waals surface area contributed by atoms with Gasteiger partial charge in [0.15, 0.2) is 0 Å². The summed E-state index contributed by atoms with van der Waals surface area (Å²) in [5, 5.41) is 0. The Hall–Kier alpha value is -0.626. The Bertz CT molecular complexity index is 337. The Morgan fingerprint density at radius 1 is 0.583 bits per heavy atom. The standard InChI is InChI=1S/C18H38O4Si2/c1-7-11-23(12-8-2,21-17(5)19)15-16-24(13-9-3,14-10-4)22-18(6)20/h7-16H2,1-6H3. The third kappa shape index (κ3) is 8.47. The molecule has 0 aliphatic heterocycles. The molecule has 0 amide bonds. The lowest BCUT2D eigenvalue weighted by molar-refractivity contribution is -0.134. The van der Waals surface area contributed by atoms with Gasteiger partial charge >= 0.3 is 0 Å². The Balaban J connectivity index is 5.37. The second-order valence-corrected chi connectivity index (χ2v) is 15.2. The van der Waals surface area contributed by atoms with E-state index >= 15 is 0 Å². The maximum atomic E-state index is 11.7. The first-order valence-corrected chi connectivity index (χ1v) is 14.7. The molecule has 0 aromatic carbocycles. The fraction of sp³-hybridized carbons (Fsp3) is 0.889. The van der Waals surface area contributed by atoms with Crippen LogP contribution >= 0.6 is 0 Å². The molecule has 0 aromatic heterocycles. The lowest BCUT2D eigenvalue weighted by Gasteiger charge is -2.36. The van der Waals surface area contributed by atoms with Crippen molar-refractivity contribution in [1.82, 2.24) is 0 Å². The minimum atomic E-state index is -2.08. The molecular weight excluding hydrogens is 336 g/mol. The number of hydrogen-bond donors (Lipinski definition) is 0. The topological polar surface area (TPSA) is 52.6 Å². The highest BCUT2D eigenvalue weighted by Crippen LogP contribution is 2.35. The van der Waals surface area contributed by atoms with Crippen LogP contribution < -0.4 is 0 Å². The zero-order chi connectivity index (χ0) is 18.6. The van der Waals surface area contributed by atoms with Crippen molar-refractivity contribution in [1.29, 1.82) is 0 Å². The molecule has 0 atom stereocenters. The van der Waals surface area contributed by atoms with Gasteiger partial charge in [-0.05, 0) is 36.3 Å². The van der Waals surface area contributed by atoms with Crippen molar-refractivity contribution in [3.8, 4) is 0 Å². The molecule has 0 rings (SSSR count). The molecule has 0 aliphatic carbocycles. The summed E-state index contributed by atoms with van der Waals surface area (Å²) in [6.07, 6.45) is 4.18. The van der Waals surface area contributed by atoms with Gasteiger partial charge in [0.25, 0.3) is 28.6 Å². The van der Waals surface area contributed by atoms with E-state index in [0.717, 1.165) is 61.9 Å². The largest absolute Gasteiger partial charge is 0.519 e. The van der Waals surface area contributed by atoms with Gasteiger partial charge < -0.3 is 8.85 Å². The van der Waals surface area contributed by atoms with Crippen LogP contribution in [-0.4, -0.2) is 28.6 Å². The van der Waals surface area contributed by atoms with E-state index in [1.807, 2.05) is 0 Å². The van der Waals surface area contributed by atoms with E-state index in [-0.39, 0.29) is 11.9 Å². The first-order valence-electron chi connectivity index (χ1n) is 9.67. The van der Waals surface area contributed by atoms with Gasteiger partial charge in [-0.15, -0.1) is 0 Å². The lowest BCUT2D eigenvalue weighted by Crippen LogP contribution is -2.45. The van der Waals surface area contributed by atoms with Crippen molar-refractivity contribution in [2.75, 3.05) is 0 Å². The lowest BCUT2D eigenvalue weighted by atomic mass is 10.6. The van der Waals surface area contributed by atoms with Crippen LogP contribution in [0.25, 0.3) is 0 Å². The van der Waals surface area contributed by atoms with Gasteiger partial charge in [0.1, 0.15) is 0 Å². The van der Waals surface area contributed by atoms with Gasteiger partial charge in [0.2, 0.25) is 0 Å². The van der Waals surface area contributed by atoms with Gasteiger partial charge in [-0.2, -0.15) is 0 Å². The van der Waals surface area contributed by atoms with Crippen LogP contribution in [0.2, 0.25) is 36.3 Å². The van der Waals surface area contributed by atoms with Gasteiger partial charge in [0, 0.05) is 13.8 Å². The third-order valence-corrected chi connectivity index (χ3v) is 14.5. The second kappa shape index (κ2) is 11.8. The molecule has 0 saturated heterocycles. The summed E-state index contributed by atoms with van der Waals surface area (Å²) < 4.78 is 11.9. The summed E-state index contributed by atoms with van der Waals surface area (Å²) in [5.74, 6) is -0.288. The maximum absolute atomic E-state index is 11.7. The Morgan fingerprint density at radius 3 is 1.00 bits per heavy atom. The fourth-order valence-corrected chi connectivity index (χ4v) is 14.6. The van der Waals surface area contributed by atoms with Gasteiger partial charge in [-0.3, -0.25) is 9.59 Å². The highest BCUT2D eigenvalue weighted by Gasteiger charge is 2.43. The molecule has 0 aromatic rings. The molecular formula is C18H38O4Si2. The summed E-state index contributed by atoms with van der Waals surface area (Å²) in [4.78, 5) is 23.4. The van der Waals surface area contributed by atoms with Crippen LogP contribution in [-0.2, 0) is 18.4 Å². The molecule has 24 heavy (non-hydrogen) atoms. The molecule has 0 unspecified atom stereocenters. The molecule has 0 aliphatic rings. The Morgan fingerprint density at radius 2 is 0.833 bits per heavy atom. The fourth-order valence-electron chi connectivity index (χ4n) is 3.94. The zero-order valence-electron chi connectivity index (χ0n) is 16.7. The third-order valence-electron chi connectivity index (χ3n) is 4.58. The van der Waals surface area contributed by atoms with Crippen LogP contribution in [0.15, 0.2) is 0 Å². The quantitative estimate of drug-likeness (QED) is 0.391. The minimum Gasteiger partial charge on any atom is -0.519 e. The monoisotopic (exact) mass is 374 g/mol. The van der Waals surface area contributed by atoms with Crippen molar-refractivity contribution < 1.29 is 18.4 Å². The highest BCUT2D eigenvalue weighted by molar-refractivity contribution is 6.80. The minimum absolute atomic E-state index is 0.144. The van der Waals surface area contributed by atoms with Crippen molar-refractivity contribution in [3.63, 3.8) is 0 Å². The molecule has 0 radical (unpaired) electrons. The predicted octanol–water partition coefficient (Wildman–Crippen LogP) is 5.64. The van der Waals surface area contributed by atoms with E-state index < -0.39 is 16.6 Å². The van der Waals surface area contributed by atoms with E-state index in [2.05, 4.69) is 27.7 Å². The molecule has 0 bridgehead atoms. The SMILES string of the molecule is CCC[Si](CCC)(CC[Si](CCC)(CCC)OC(C)=O)OC(C)=O. The van der Waals surface area contributed by atoms with Gasteiger partial charge in [-0.1, -0.05) is 53.4 Å². The van der Waals surface area contributed by atoms with E-state index in [9.17, 15) is 9.59 Å². The summed E-state index contributed by atoms with van der Waals surface area (Å²) >= 11 is 0. The van der Waals surface area contributed by atoms with Crippen LogP contribution in [0.5, 0.6) is 0 Å². The normalized spacial score (nSPS) is 12.1. The van der Waals surface area contributed by atoms with Crippen molar-refractivity contribution in [3.05, 3.63) is 0 Å². The molecule has 0 spiro atoms. The summed E-state index contributed by atoms with van der Waals surface area (Å²) in [6, 6.07) is 5.97. The first-order chi connectivity index (χ1) is 11.3. The van der Waals surface area contributed by atoms with Crippen LogP contribution in [0.1, 0.15) is 67.2 Å². The van der Waals surface area contributed by atoms with Crippen LogP contribution in [0.4, 0.5) is 0 Å². The van der Waals surface area contributed by atoms with Crippen LogP contribution in [0, 0.1) is 0 Å². The molecule has 4 nitrogen and oxygen atoms in total. The van der Waals surface area contributed by atoms with E-state index in [1.165, 1.54) is 13.8 Å². The average Bonchev–Trinajstić information content (AvgIpc) is 2.45. The maximum Gasteiger partial charge on any atom is 0.289 e. The number of carbonyl (C=O) groups excluding carboxylic acids is 2. The summed E-state index contributed by atoms with van der Waals surface area (Å²) in [5.41, 5.74) is 0. The molecule has 6 heteroatoms. The van der Waals surface area contributed by atoms with Crippen LogP contribution in [0.3, 0.4) is 0 Å². The Kier molecular flexibility index (Phi) is 11.5. The smallest absolute Gasteiger partial charge is 0.289 e. The summed E-state index contributed by atoms with van der Waals surface area (Å²) in [7, 11) is -4.17. The molecule has 0 heterocycles. The van der Waals surface area contributed by atoms with Crippen molar-refractivity contribution in [2.45, 2.75) is 103 Å². The highest BCUT2D eigenvalue weighted by atomic mass is 28.4. The van der Waals surface area contributed by atoms with Crippen molar-refractivity contribution >= 4 is 28.6 Å². The predicted molar refractivity (Wildman–Crippen MR) is 105 cm³/mol. The van der Waals surface area contributed by atoms with Gasteiger partial charge in [-0.25, -0.2) is 0 Å². The summed E-state index contributed by atoms with van der Waals surface area (Å²) in [6.45, 7) is 11.7. The molecule has 0 saturated carbocycles. The van der Waals surface area contributed by atoms with Gasteiger partial charge in [0.05, 0.1) is 0 Å². The molecule has 142 valence electrons. The van der Waals surface area contributed by atoms with E-state index in [4.69, 9.17) is 8.85 Å². The average molecular weight is 375 g/mol. The second-order valence-electron chi connectivity index (χ2n) is 7.05. The number of rotatable bonds is 13. The number of carbonyl (C=O) groups is 2. The molecule has 0 N–H and O–H groups in total.